The first-order chi connectivity index (χ1) is 11.1. The minimum Gasteiger partial charge on any atom is -0.472 e. The van der Waals surface area contributed by atoms with Crippen molar-refractivity contribution in [3.8, 4) is 11.8 Å². The number of carbonyl (C=O) groups excluding carboxylic acids is 1. The smallest absolute Gasteiger partial charge is 0.315 e. The number of nitrogens with zero attached hydrogens (tertiary/aromatic N) is 3. The Kier molecular flexibility index (Phi) is 4.40. The second kappa shape index (κ2) is 6.64. The van der Waals surface area contributed by atoms with Crippen molar-refractivity contribution in [2.75, 3.05) is 0 Å². The zero-order valence-corrected chi connectivity index (χ0v) is 12.0. The number of rotatable bonds is 6. The molecule has 2 heterocycles. The summed E-state index contributed by atoms with van der Waals surface area (Å²) in [6, 6.07) is 5.76. The van der Waals surface area contributed by atoms with Gasteiger partial charge >= 0.3 is 5.97 Å². The maximum atomic E-state index is 12.4. The van der Waals surface area contributed by atoms with Crippen molar-refractivity contribution in [2.24, 2.45) is 5.92 Å². The molecule has 0 spiro atoms. The Labute approximate surface area is 130 Å². The highest BCUT2D eigenvalue weighted by atomic mass is 19.3. The van der Waals surface area contributed by atoms with E-state index in [1.165, 1.54) is 30.5 Å². The van der Waals surface area contributed by atoms with Crippen LogP contribution < -0.4 is 9.47 Å². The molecule has 1 saturated carbocycles. The maximum Gasteiger partial charge on any atom is 0.315 e. The number of esters is 1. The van der Waals surface area contributed by atoms with Crippen LogP contribution in [0.2, 0.25) is 0 Å². The Morgan fingerprint density at radius 1 is 1.17 bits per heavy atom. The average Bonchev–Trinajstić information content (AvgIpc) is 3.39. The largest absolute Gasteiger partial charge is 0.472 e. The minimum absolute atomic E-state index is 0.0172. The highest BCUT2D eigenvalue weighted by Crippen LogP contribution is 2.30. The lowest BCUT2D eigenvalue weighted by molar-refractivity contribution is -0.136. The molecule has 0 atom stereocenters. The quantitative estimate of drug-likeness (QED) is 0.762. The average molecular weight is 321 g/mol. The molecule has 0 N–H and O–H groups in total. The van der Waals surface area contributed by atoms with Crippen LogP contribution in [-0.2, 0) is 11.4 Å². The molecule has 0 aliphatic heterocycles. The van der Waals surface area contributed by atoms with E-state index in [-0.39, 0.29) is 35.9 Å². The summed E-state index contributed by atoms with van der Waals surface area (Å²) >= 11 is 0. The van der Waals surface area contributed by atoms with E-state index in [4.69, 9.17) is 9.47 Å². The van der Waals surface area contributed by atoms with Gasteiger partial charge in [0.05, 0.1) is 5.92 Å². The van der Waals surface area contributed by atoms with Gasteiger partial charge in [0, 0.05) is 23.9 Å². The fraction of sp³-hybridized carbons (Fsp3) is 0.333. The summed E-state index contributed by atoms with van der Waals surface area (Å²) in [7, 11) is 0. The summed E-state index contributed by atoms with van der Waals surface area (Å²) in [6.45, 7) is 0.117. The Morgan fingerprint density at radius 3 is 2.48 bits per heavy atom. The molecule has 2 aromatic heterocycles. The molecule has 1 aliphatic rings. The Hall–Kier alpha value is -2.64. The molecule has 0 aromatic carbocycles. The summed E-state index contributed by atoms with van der Waals surface area (Å²) in [5.41, 5.74) is 0.343. The van der Waals surface area contributed by atoms with Crippen LogP contribution in [0.15, 0.2) is 30.5 Å². The zero-order chi connectivity index (χ0) is 16.2. The molecular formula is C15H13F2N3O3. The summed E-state index contributed by atoms with van der Waals surface area (Å²) < 4.78 is 35.2. The monoisotopic (exact) mass is 321 g/mol. The zero-order valence-electron chi connectivity index (χ0n) is 12.0. The van der Waals surface area contributed by atoms with E-state index in [0.29, 0.717) is 5.56 Å². The summed E-state index contributed by atoms with van der Waals surface area (Å²) in [5, 5.41) is 7.53. The fourth-order valence-electron chi connectivity index (χ4n) is 1.75. The first-order valence-corrected chi connectivity index (χ1v) is 7.03. The van der Waals surface area contributed by atoms with Gasteiger partial charge in [-0.1, -0.05) is 6.07 Å². The van der Waals surface area contributed by atoms with Gasteiger partial charge in [-0.3, -0.25) is 9.78 Å². The van der Waals surface area contributed by atoms with Crippen molar-refractivity contribution < 1.29 is 23.0 Å². The molecule has 1 fully saturated rings. The van der Waals surface area contributed by atoms with Crippen LogP contribution in [0.5, 0.6) is 11.8 Å². The van der Waals surface area contributed by atoms with Gasteiger partial charge < -0.3 is 9.47 Å². The number of hydrogen-bond donors (Lipinski definition) is 0. The first kappa shape index (κ1) is 15.3. The lowest BCUT2D eigenvalue weighted by atomic mass is 10.2. The third-order valence-corrected chi connectivity index (χ3v) is 3.19. The molecule has 0 bridgehead atoms. The van der Waals surface area contributed by atoms with Gasteiger partial charge in [0.1, 0.15) is 12.3 Å². The number of pyridine rings is 1. The van der Waals surface area contributed by atoms with Gasteiger partial charge in [0.2, 0.25) is 11.8 Å². The third-order valence-electron chi connectivity index (χ3n) is 3.19. The fourth-order valence-corrected chi connectivity index (χ4v) is 1.75. The van der Waals surface area contributed by atoms with Gasteiger partial charge in [-0.05, 0) is 18.9 Å². The Bertz CT molecular complexity index is 673. The van der Waals surface area contributed by atoms with Gasteiger partial charge in [0.25, 0.3) is 6.43 Å². The van der Waals surface area contributed by atoms with Gasteiger partial charge in [-0.25, -0.2) is 8.78 Å². The minimum atomic E-state index is -2.60. The maximum absolute atomic E-state index is 12.4. The second-order valence-corrected chi connectivity index (χ2v) is 5.09. The number of carbonyl (C=O) groups is 1. The number of halogens is 2. The molecule has 1 aliphatic carbocycles. The van der Waals surface area contributed by atoms with Crippen molar-refractivity contribution in [3.05, 3.63) is 41.7 Å². The molecular weight excluding hydrogens is 308 g/mol. The van der Waals surface area contributed by atoms with Gasteiger partial charge in [-0.15, -0.1) is 10.2 Å². The third kappa shape index (κ3) is 4.18. The number of ether oxygens (including phenoxy) is 2. The van der Waals surface area contributed by atoms with E-state index < -0.39 is 6.43 Å². The molecule has 0 unspecified atom stereocenters. The molecule has 0 radical (unpaired) electrons. The number of aromatic nitrogens is 3. The van der Waals surface area contributed by atoms with Crippen molar-refractivity contribution >= 4 is 5.97 Å². The molecule has 8 heteroatoms. The van der Waals surface area contributed by atoms with Crippen LogP contribution in [0.1, 0.15) is 30.5 Å². The van der Waals surface area contributed by atoms with E-state index >= 15 is 0 Å². The van der Waals surface area contributed by atoms with Crippen LogP contribution in [-0.4, -0.2) is 21.2 Å². The number of alkyl halides is 2. The Balaban J connectivity index is 1.52. The molecule has 6 nitrogen and oxygen atoms in total. The molecule has 3 rings (SSSR count). The van der Waals surface area contributed by atoms with Crippen LogP contribution in [0.3, 0.4) is 0 Å². The van der Waals surface area contributed by atoms with E-state index in [9.17, 15) is 13.6 Å². The Morgan fingerprint density at radius 2 is 1.91 bits per heavy atom. The highest BCUT2D eigenvalue weighted by molar-refractivity contribution is 5.76. The predicted octanol–water partition coefficient (Wildman–Crippen LogP) is 2.70. The van der Waals surface area contributed by atoms with Crippen LogP contribution in [0.25, 0.3) is 0 Å². The van der Waals surface area contributed by atoms with E-state index in [1.54, 1.807) is 0 Å². The lowest BCUT2D eigenvalue weighted by Gasteiger charge is -2.06. The summed E-state index contributed by atoms with van der Waals surface area (Å²) in [6.07, 6.45) is 0.431. The molecule has 23 heavy (non-hydrogen) atoms. The summed E-state index contributed by atoms with van der Waals surface area (Å²) in [4.78, 5) is 15.1. The van der Waals surface area contributed by atoms with E-state index in [0.717, 1.165) is 12.8 Å². The van der Waals surface area contributed by atoms with Crippen LogP contribution >= 0.6 is 0 Å². The van der Waals surface area contributed by atoms with Crippen molar-refractivity contribution in [1.29, 1.82) is 0 Å². The molecule has 0 amide bonds. The van der Waals surface area contributed by atoms with Gasteiger partial charge in [0.15, 0.2) is 0 Å². The molecule has 120 valence electrons. The van der Waals surface area contributed by atoms with Crippen LogP contribution in [0.4, 0.5) is 8.78 Å². The molecule has 2 aromatic rings. The first-order valence-electron chi connectivity index (χ1n) is 7.03. The van der Waals surface area contributed by atoms with Gasteiger partial charge in [-0.2, -0.15) is 0 Å². The topological polar surface area (TPSA) is 74.2 Å². The standard InChI is InChI=1S/C15H13F2N3O3/c16-14(17)11-4-1-9(7-18-11)8-22-12-5-6-13(20-19-12)23-15(21)10-2-3-10/h1,4-7,10,14H,2-3,8H2. The van der Waals surface area contributed by atoms with Crippen molar-refractivity contribution in [3.63, 3.8) is 0 Å². The summed E-state index contributed by atoms with van der Waals surface area (Å²) in [5.74, 6) is 0.0426. The van der Waals surface area contributed by atoms with E-state index in [1.807, 2.05) is 0 Å². The predicted molar refractivity (Wildman–Crippen MR) is 73.9 cm³/mol. The van der Waals surface area contributed by atoms with Crippen molar-refractivity contribution in [1.82, 2.24) is 15.2 Å². The van der Waals surface area contributed by atoms with E-state index in [2.05, 4.69) is 15.2 Å². The van der Waals surface area contributed by atoms with Crippen LogP contribution in [0, 0.1) is 5.92 Å². The number of hydrogen-bond acceptors (Lipinski definition) is 6. The molecule has 0 saturated heterocycles. The SMILES string of the molecule is O=C(Oc1ccc(OCc2ccc(C(F)F)nc2)nn1)C1CC1. The van der Waals surface area contributed by atoms with Crippen molar-refractivity contribution in [2.45, 2.75) is 25.9 Å². The lowest BCUT2D eigenvalue weighted by Crippen LogP contribution is -2.11. The second-order valence-electron chi connectivity index (χ2n) is 5.09. The normalized spacial score (nSPS) is 13.9. The highest BCUT2D eigenvalue weighted by Gasteiger charge is 2.31.